The zero-order chi connectivity index (χ0) is 13.8. The van der Waals surface area contributed by atoms with Crippen LogP contribution in [0.3, 0.4) is 0 Å². The Morgan fingerprint density at radius 1 is 1.68 bits per heavy atom. The molecule has 19 heavy (non-hydrogen) atoms. The summed E-state index contributed by atoms with van der Waals surface area (Å²) >= 11 is 0. The van der Waals surface area contributed by atoms with Crippen LogP contribution in [0.4, 0.5) is 0 Å². The van der Waals surface area contributed by atoms with Crippen molar-refractivity contribution in [3.63, 3.8) is 0 Å². The maximum atomic E-state index is 11.7. The summed E-state index contributed by atoms with van der Waals surface area (Å²) in [6.07, 6.45) is 2.32. The van der Waals surface area contributed by atoms with Crippen molar-refractivity contribution in [2.75, 3.05) is 6.54 Å². The summed E-state index contributed by atoms with van der Waals surface area (Å²) in [5, 5.41) is 12.4. The molecule has 0 heterocycles. The van der Waals surface area contributed by atoms with E-state index >= 15 is 0 Å². The number of fused-ring (bicyclic) bond motifs is 1. The van der Waals surface area contributed by atoms with Crippen LogP contribution >= 0.6 is 0 Å². The van der Waals surface area contributed by atoms with Crippen molar-refractivity contribution < 1.29 is 14.6 Å². The van der Waals surface area contributed by atoms with Crippen LogP contribution in [0.1, 0.15) is 30.6 Å². The number of carbonyl (C=O) groups excluding carboxylic acids is 1. The molecule has 0 spiro atoms. The van der Waals surface area contributed by atoms with Gasteiger partial charge >= 0.3 is 0 Å². The SMILES string of the molecule is C=CCNC(=O)C(C)Oc1ccc2c(c1)CCC2O. The molecule has 1 amide bonds. The molecule has 1 aliphatic rings. The summed E-state index contributed by atoms with van der Waals surface area (Å²) in [7, 11) is 0. The molecule has 1 aromatic carbocycles. The van der Waals surface area contributed by atoms with Crippen LogP contribution in [-0.4, -0.2) is 23.7 Å². The molecule has 2 N–H and O–H groups in total. The van der Waals surface area contributed by atoms with Crippen molar-refractivity contribution >= 4 is 5.91 Å². The molecule has 2 unspecified atom stereocenters. The maximum absolute atomic E-state index is 11.7. The molecule has 0 aliphatic heterocycles. The minimum atomic E-state index is -0.552. The van der Waals surface area contributed by atoms with Gasteiger partial charge in [0.15, 0.2) is 6.10 Å². The summed E-state index contributed by atoms with van der Waals surface area (Å²) in [5.74, 6) is 0.495. The van der Waals surface area contributed by atoms with E-state index in [1.807, 2.05) is 12.1 Å². The first-order valence-electron chi connectivity index (χ1n) is 6.48. The topological polar surface area (TPSA) is 58.6 Å². The third-order valence-electron chi connectivity index (χ3n) is 3.26. The second-order valence-corrected chi connectivity index (χ2v) is 4.71. The van der Waals surface area contributed by atoms with Crippen molar-refractivity contribution in [2.24, 2.45) is 0 Å². The van der Waals surface area contributed by atoms with Crippen molar-refractivity contribution in [1.29, 1.82) is 0 Å². The van der Waals surface area contributed by atoms with Crippen LogP contribution in [0.15, 0.2) is 30.9 Å². The monoisotopic (exact) mass is 261 g/mol. The van der Waals surface area contributed by atoms with Gasteiger partial charge in [-0.05, 0) is 43.0 Å². The Balaban J connectivity index is 2.00. The Labute approximate surface area is 113 Å². The van der Waals surface area contributed by atoms with Crippen LogP contribution in [-0.2, 0) is 11.2 Å². The fourth-order valence-corrected chi connectivity index (χ4v) is 2.22. The molecule has 4 heteroatoms. The fraction of sp³-hybridized carbons (Fsp3) is 0.400. The van der Waals surface area contributed by atoms with Gasteiger partial charge in [-0.25, -0.2) is 0 Å². The molecule has 0 fully saturated rings. The van der Waals surface area contributed by atoms with E-state index < -0.39 is 6.10 Å². The predicted octanol–water partition coefficient (Wildman–Crippen LogP) is 1.74. The smallest absolute Gasteiger partial charge is 0.261 e. The standard InChI is InChI=1S/C15H19NO3/c1-3-8-16-15(18)10(2)19-12-5-6-13-11(9-12)4-7-14(13)17/h3,5-6,9-10,14,17H,1,4,7-8H2,2H3,(H,16,18). The molecule has 2 atom stereocenters. The van der Waals surface area contributed by atoms with Crippen molar-refractivity contribution in [1.82, 2.24) is 5.32 Å². The molecule has 0 radical (unpaired) electrons. The number of benzene rings is 1. The van der Waals surface area contributed by atoms with E-state index in [1.54, 1.807) is 19.1 Å². The molecule has 2 rings (SSSR count). The van der Waals surface area contributed by atoms with Gasteiger partial charge in [0.25, 0.3) is 5.91 Å². The number of rotatable bonds is 5. The zero-order valence-electron chi connectivity index (χ0n) is 11.1. The van der Waals surface area contributed by atoms with Crippen molar-refractivity contribution in [3.05, 3.63) is 42.0 Å². The van der Waals surface area contributed by atoms with Crippen LogP contribution < -0.4 is 10.1 Å². The lowest BCUT2D eigenvalue weighted by atomic mass is 10.1. The number of aliphatic hydroxyl groups is 1. The highest BCUT2D eigenvalue weighted by molar-refractivity contribution is 5.80. The first-order valence-corrected chi connectivity index (χ1v) is 6.48. The van der Waals surface area contributed by atoms with Gasteiger partial charge in [-0.2, -0.15) is 0 Å². The minimum absolute atomic E-state index is 0.166. The van der Waals surface area contributed by atoms with E-state index in [0.717, 1.165) is 24.0 Å². The number of hydrogen-bond donors (Lipinski definition) is 2. The quantitative estimate of drug-likeness (QED) is 0.794. The highest BCUT2D eigenvalue weighted by Gasteiger charge is 2.21. The molecule has 0 bridgehead atoms. The van der Waals surface area contributed by atoms with E-state index in [9.17, 15) is 9.90 Å². The number of carbonyl (C=O) groups is 1. The fourth-order valence-electron chi connectivity index (χ4n) is 2.22. The normalized spacial score (nSPS) is 18.5. The number of ether oxygens (including phenoxy) is 1. The number of aliphatic hydroxyl groups excluding tert-OH is 1. The Hall–Kier alpha value is -1.81. The van der Waals surface area contributed by atoms with Gasteiger partial charge in [-0.3, -0.25) is 4.79 Å². The largest absolute Gasteiger partial charge is 0.481 e. The van der Waals surface area contributed by atoms with Crippen LogP contribution in [0.5, 0.6) is 5.75 Å². The van der Waals surface area contributed by atoms with Crippen molar-refractivity contribution in [2.45, 2.75) is 32.0 Å². The van der Waals surface area contributed by atoms with Crippen LogP contribution in [0.2, 0.25) is 0 Å². The van der Waals surface area contributed by atoms with Gasteiger partial charge in [-0.15, -0.1) is 6.58 Å². The number of nitrogens with one attached hydrogen (secondary N) is 1. The van der Waals surface area contributed by atoms with Gasteiger partial charge in [0.2, 0.25) is 0 Å². The summed E-state index contributed by atoms with van der Waals surface area (Å²) in [5.41, 5.74) is 2.07. The molecule has 102 valence electrons. The zero-order valence-corrected chi connectivity index (χ0v) is 11.1. The molecule has 4 nitrogen and oxygen atoms in total. The van der Waals surface area contributed by atoms with Crippen LogP contribution in [0.25, 0.3) is 0 Å². The Kier molecular flexibility index (Phi) is 4.22. The lowest BCUT2D eigenvalue weighted by molar-refractivity contribution is -0.127. The van der Waals surface area contributed by atoms with E-state index in [0.29, 0.717) is 12.3 Å². The molecule has 0 saturated heterocycles. The van der Waals surface area contributed by atoms with E-state index in [1.165, 1.54) is 0 Å². The molecule has 0 aromatic heterocycles. The molecular weight excluding hydrogens is 242 g/mol. The summed E-state index contributed by atoms with van der Waals surface area (Å²) in [6, 6.07) is 5.57. The average Bonchev–Trinajstić information content (AvgIpc) is 2.77. The van der Waals surface area contributed by atoms with Gasteiger partial charge in [0.1, 0.15) is 5.75 Å². The summed E-state index contributed by atoms with van der Waals surface area (Å²) < 4.78 is 5.61. The molecule has 1 aliphatic carbocycles. The third-order valence-corrected chi connectivity index (χ3v) is 3.26. The van der Waals surface area contributed by atoms with Gasteiger partial charge < -0.3 is 15.2 Å². The molecular formula is C15H19NO3. The van der Waals surface area contributed by atoms with E-state index in [-0.39, 0.29) is 12.0 Å². The second-order valence-electron chi connectivity index (χ2n) is 4.71. The highest BCUT2D eigenvalue weighted by Crippen LogP contribution is 2.33. The second kappa shape index (κ2) is 5.89. The molecule has 1 aromatic rings. The Morgan fingerprint density at radius 2 is 2.47 bits per heavy atom. The molecule has 0 saturated carbocycles. The Bertz CT molecular complexity index is 484. The predicted molar refractivity (Wildman–Crippen MR) is 73.0 cm³/mol. The van der Waals surface area contributed by atoms with Crippen LogP contribution in [0, 0.1) is 0 Å². The minimum Gasteiger partial charge on any atom is -0.481 e. The van der Waals surface area contributed by atoms with Gasteiger partial charge in [0.05, 0.1) is 6.10 Å². The van der Waals surface area contributed by atoms with E-state index in [2.05, 4.69) is 11.9 Å². The maximum Gasteiger partial charge on any atom is 0.261 e. The van der Waals surface area contributed by atoms with Gasteiger partial charge in [0, 0.05) is 6.54 Å². The average molecular weight is 261 g/mol. The van der Waals surface area contributed by atoms with Crippen molar-refractivity contribution in [3.8, 4) is 5.75 Å². The first-order chi connectivity index (χ1) is 9.11. The number of aryl methyl sites for hydroxylation is 1. The van der Waals surface area contributed by atoms with Gasteiger partial charge in [-0.1, -0.05) is 12.1 Å². The number of amides is 1. The van der Waals surface area contributed by atoms with E-state index in [4.69, 9.17) is 4.74 Å². The third kappa shape index (κ3) is 3.15. The highest BCUT2D eigenvalue weighted by atomic mass is 16.5. The number of hydrogen-bond acceptors (Lipinski definition) is 3. The lowest BCUT2D eigenvalue weighted by Crippen LogP contribution is -2.36. The lowest BCUT2D eigenvalue weighted by Gasteiger charge is -2.15. The summed E-state index contributed by atoms with van der Waals surface area (Å²) in [6.45, 7) is 5.69. The Morgan fingerprint density at radius 3 is 3.21 bits per heavy atom. The first kappa shape index (κ1) is 13.6. The summed E-state index contributed by atoms with van der Waals surface area (Å²) in [4.78, 5) is 11.7.